The van der Waals surface area contributed by atoms with Crippen molar-refractivity contribution in [1.29, 1.82) is 0 Å². The molecule has 0 N–H and O–H groups in total. The number of benzene rings is 1. The van der Waals surface area contributed by atoms with Crippen LogP contribution in [0.2, 0.25) is 0 Å². The Labute approximate surface area is 154 Å². The molecule has 1 aromatic carbocycles. The summed E-state index contributed by atoms with van der Waals surface area (Å²) in [4.78, 5) is 4.78. The van der Waals surface area contributed by atoms with Crippen molar-refractivity contribution in [3.63, 3.8) is 0 Å². The summed E-state index contributed by atoms with van der Waals surface area (Å²) in [5.41, 5.74) is 5.65. The van der Waals surface area contributed by atoms with Gasteiger partial charge in [-0.1, -0.05) is 68.8 Å². The number of nitrogens with zero attached hydrogens (tertiary/aromatic N) is 1. The highest BCUT2D eigenvalue weighted by molar-refractivity contribution is 5.95. The molecule has 0 aromatic heterocycles. The summed E-state index contributed by atoms with van der Waals surface area (Å²) >= 11 is 0. The van der Waals surface area contributed by atoms with Gasteiger partial charge in [0.05, 0.1) is 0 Å². The van der Waals surface area contributed by atoms with Crippen molar-refractivity contribution in [3.8, 4) is 0 Å². The van der Waals surface area contributed by atoms with Gasteiger partial charge in [0.2, 0.25) is 0 Å². The summed E-state index contributed by atoms with van der Waals surface area (Å²) in [6.07, 6.45) is 20.1. The van der Waals surface area contributed by atoms with Crippen molar-refractivity contribution >= 4 is 5.71 Å². The van der Waals surface area contributed by atoms with E-state index in [1.54, 1.807) is 0 Å². The molecule has 1 atom stereocenters. The minimum absolute atomic E-state index is 0.530. The first-order valence-electron chi connectivity index (χ1n) is 9.87. The molecule has 0 aliphatic heterocycles. The maximum atomic E-state index is 4.78. The first-order chi connectivity index (χ1) is 12.3. The highest BCUT2D eigenvalue weighted by atomic mass is 14.7. The molecule has 1 aliphatic carbocycles. The second kappa shape index (κ2) is 10.9. The largest absolute Gasteiger partial charge is 0.290 e. The van der Waals surface area contributed by atoms with Gasteiger partial charge in [0.1, 0.15) is 0 Å². The van der Waals surface area contributed by atoms with Crippen LogP contribution in [0.25, 0.3) is 0 Å². The van der Waals surface area contributed by atoms with Gasteiger partial charge in [-0.15, -0.1) is 0 Å². The van der Waals surface area contributed by atoms with Crippen LogP contribution in [0.5, 0.6) is 0 Å². The van der Waals surface area contributed by atoms with Crippen LogP contribution < -0.4 is 0 Å². The smallest absolute Gasteiger partial charge is 0.0389 e. The van der Waals surface area contributed by atoms with E-state index in [1.165, 1.54) is 28.8 Å². The number of aryl methyl sites for hydroxylation is 1. The zero-order valence-electron chi connectivity index (χ0n) is 16.2. The molecule has 1 heteroatoms. The first kappa shape index (κ1) is 19.4. The van der Waals surface area contributed by atoms with Crippen LogP contribution in [0.15, 0.2) is 59.6 Å². The summed E-state index contributed by atoms with van der Waals surface area (Å²) in [5, 5.41) is 0. The highest BCUT2D eigenvalue weighted by Crippen LogP contribution is 2.29. The zero-order valence-corrected chi connectivity index (χ0v) is 16.2. The molecule has 1 aromatic rings. The van der Waals surface area contributed by atoms with Gasteiger partial charge in [-0.3, -0.25) is 4.99 Å². The van der Waals surface area contributed by atoms with E-state index in [-0.39, 0.29) is 0 Å². The van der Waals surface area contributed by atoms with E-state index < -0.39 is 0 Å². The molecule has 2 rings (SSSR count). The topological polar surface area (TPSA) is 12.4 Å². The third kappa shape index (κ3) is 6.16. The monoisotopic (exact) mass is 335 g/mol. The van der Waals surface area contributed by atoms with Gasteiger partial charge in [0.15, 0.2) is 0 Å². The van der Waals surface area contributed by atoms with Crippen molar-refractivity contribution in [2.24, 2.45) is 4.99 Å². The summed E-state index contributed by atoms with van der Waals surface area (Å²) in [6.45, 7) is 7.63. The predicted molar refractivity (Wildman–Crippen MR) is 112 cm³/mol. The van der Waals surface area contributed by atoms with Crippen molar-refractivity contribution in [2.45, 2.75) is 65.2 Å². The normalized spacial score (nSPS) is 17.6. The van der Waals surface area contributed by atoms with Crippen LogP contribution in [0.4, 0.5) is 0 Å². The van der Waals surface area contributed by atoms with E-state index in [4.69, 9.17) is 4.99 Å². The Morgan fingerprint density at radius 1 is 1.20 bits per heavy atom. The Kier molecular flexibility index (Phi) is 8.45. The molecule has 0 saturated carbocycles. The van der Waals surface area contributed by atoms with Crippen LogP contribution in [0, 0.1) is 6.92 Å². The van der Waals surface area contributed by atoms with Crippen molar-refractivity contribution < 1.29 is 0 Å². The zero-order chi connectivity index (χ0) is 17.9. The fraction of sp³-hybridized carbons (Fsp3) is 0.458. The Balaban J connectivity index is 2.08. The molecule has 25 heavy (non-hydrogen) atoms. The van der Waals surface area contributed by atoms with Gasteiger partial charge >= 0.3 is 0 Å². The maximum Gasteiger partial charge on any atom is 0.0389 e. The lowest BCUT2D eigenvalue weighted by molar-refractivity contribution is 0.837. The van der Waals surface area contributed by atoms with Gasteiger partial charge in [0, 0.05) is 18.2 Å². The van der Waals surface area contributed by atoms with E-state index >= 15 is 0 Å². The van der Waals surface area contributed by atoms with E-state index in [1.807, 2.05) is 0 Å². The van der Waals surface area contributed by atoms with Crippen molar-refractivity contribution in [3.05, 3.63) is 71.3 Å². The molecule has 134 valence electrons. The molecule has 0 spiro atoms. The van der Waals surface area contributed by atoms with E-state index in [0.29, 0.717) is 5.92 Å². The van der Waals surface area contributed by atoms with E-state index in [0.717, 1.165) is 38.6 Å². The van der Waals surface area contributed by atoms with Gasteiger partial charge in [0.25, 0.3) is 0 Å². The lowest BCUT2D eigenvalue weighted by Crippen LogP contribution is -2.04. The third-order valence-electron chi connectivity index (χ3n) is 4.82. The quantitative estimate of drug-likeness (QED) is 0.443. The molecule has 1 aliphatic rings. The molecule has 0 amide bonds. The third-order valence-corrected chi connectivity index (χ3v) is 4.82. The first-order valence-corrected chi connectivity index (χ1v) is 9.87. The average Bonchev–Trinajstić information content (AvgIpc) is 2.65. The van der Waals surface area contributed by atoms with Crippen molar-refractivity contribution in [2.75, 3.05) is 6.54 Å². The average molecular weight is 336 g/mol. The molecule has 0 radical (unpaired) electrons. The second-order valence-corrected chi connectivity index (χ2v) is 6.85. The summed E-state index contributed by atoms with van der Waals surface area (Å²) < 4.78 is 0. The van der Waals surface area contributed by atoms with Gasteiger partial charge in [-0.05, 0) is 61.8 Å². The fourth-order valence-electron chi connectivity index (χ4n) is 3.31. The number of unbranched alkanes of at least 4 members (excludes halogenated alkanes) is 1. The lowest BCUT2D eigenvalue weighted by atomic mass is 9.86. The molecular weight excluding hydrogens is 302 g/mol. The number of rotatable bonds is 9. The van der Waals surface area contributed by atoms with Crippen LogP contribution in [0.1, 0.15) is 68.6 Å². The maximum absolute atomic E-state index is 4.78. The van der Waals surface area contributed by atoms with E-state index in [2.05, 4.69) is 75.4 Å². The second-order valence-electron chi connectivity index (χ2n) is 6.85. The van der Waals surface area contributed by atoms with Gasteiger partial charge in [-0.25, -0.2) is 0 Å². The Morgan fingerprint density at radius 2 is 2.08 bits per heavy atom. The summed E-state index contributed by atoms with van der Waals surface area (Å²) in [5.74, 6) is 0.530. The minimum Gasteiger partial charge on any atom is -0.290 e. The Bertz CT molecular complexity index is 646. The fourth-order valence-corrected chi connectivity index (χ4v) is 3.31. The minimum atomic E-state index is 0.530. The van der Waals surface area contributed by atoms with Crippen LogP contribution in [-0.2, 0) is 6.42 Å². The molecule has 0 fully saturated rings. The Morgan fingerprint density at radius 3 is 2.80 bits per heavy atom. The number of aliphatic imine (C=N–C) groups is 1. The molecule has 0 bridgehead atoms. The SMILES string of the molecule is CCC/C=C\C(CCc1cccc(C2C=CC=CC2)c1C)=N/CCC. The highest BCUT2D eigenvalue weighted by Gasteiger charge is 2.13. The standard InChI is InChI=1S/C24H33N/c1-4-6-8-15-23(25-19-5-2)18-17-21-14-11-16-24(20(21)3)22-12-9-7-10-13-22/h7-12,14-16,22H,4-6,13,17-19H2,1-3H3/b15-8-,25-23+. The van der Waals surface area contributed by atoms with Crippen LogP contribution in [-0.4, -0.2) is 12.3 Å². The summed E-state index contributed by atoms with van der Waals surface area (Å²) in [7, 11) is 0. The number of hydrogen-bond donors (Lipinski definition) is 0. The summed E-state index contributed by atoms with van der Waals surface area (Å²) in [6, 6.07) is 6.80. The molecule has 1 unspecified atom stereocenters. The molecular formula is C24H33N. The molecule has 1 nitrogen and oxygen atoms in total. The van der Waals surface area contributed by atoms with Crippen molar-refractivity contribution in [1.82, 2.24) is 0 Å². The number of hydrogen-bond acceptors (Lipinski definition) is 1. The van der Waals surface area contributed by atoms with Crippen LogP contribution >= 0.6 is 0 Å². The lowest BCUT2D eigenvalue weighted by Gasteiger charge is -2.18. The van der Waals surface area contributed by atoms with Crippen LogP contribution in [0.3, 0.4) is 0 Å². The Hall–Kier alpha value is -1.89. The van der Waals surface area contributed by atoms with Gasteiger partial charge in [-0.2, -0.15) is 0 Å². The predicted octanol–water partition coefficient (Wildman–Crippen LogP) is 6.73. The molecule has 0 saturated heterocycles. The molecule has 0 heterocycles. The number of allylic oxidation sites excluding steroid dienone is 6. The van der Waals surface area contributed by atoms with Gasteiger partial charge < -0.3 is 0 Å². The van der Waals surface area contributed by atoms with E-state index in [9.17, 15) is 0 Å².